The summed E-state index contributed by atoms with van der Waals surface area (Å²) in [6, 6.07) is 0.284. The largest absolute Gasteiger partial charge is 0.481 e. The third-order valence-electron chi connectivity index (χ3n) is 3.45. The van der Waals surface area contributed by atoms with Crippen molar-refractivity contribution in [1.29, 1.82) is 0 Å². The van der Waals surface area contributed by atoms with Crippen LogP contribution in [0.5, 0.6) is 0 Å². The number of amides is 2. The van der Waals surface area contributed by atoms with Crippen LogP contribution >= 0.6 is 0 Å². The number of hydrogen-bond acceptors (Lipinski definition) is 3. The van der Waals surface area contributed by atoms with Crippen LogP contribution < -0.4 is 10.6 Å². The van der Waals surface area contributed by atoms with Gasteiger partial charge in [-0.05, 0) is 39.8 Å². The fourth-order valence-electron chi connectivity index (χ4n) is 1.70. The van der Waals surface area contributed by atoms with Gasteiger partial charge in [0.15, 0.2) is 0 Å². The molecule has 6 nitrogen and oxygen atoms in total. The van der Waals surface area contributed by atoms with Gasteiger partial charge in [0.2, 0.25) is 0 Å². The molecule has 0 aromatic carbocycles. The van der Waals surface area contributed by atoms with E-state index in [0.29, 0.717) is 19.1 Å². The molecule has 2 amide bonds. The van der Waals surface area contributed by atoms with Crippen LogP contribution in [0.25, 0.3) is 0 Å². The number of carbonyl (C=O) groups excluding carboxylic acids is 1. The lowest BCUT2D eigenvalue weighted by Gasteiger charge is -2.20. The lowest BCUT2D eigenvalue weighted by molar-refractivity contribution is -0.138. The van der Waals surface area contributed by atoms with E-state index in [-0.39, 0.29) is 18.4 Å². The zero-order valence-electron chi connectivity index (χ0n) is 13.1. The van der Waals surface area contributed by atoms with E-state index in [9.17, 15) is 9.59 Å². The fraction of sp³-hybridized carbons (Fsp3) is 0.857. The Hall–Kier alpha value is -1.30. The second-order valence-corrected chi connectivity index (χ2v) is 5.44. The van der Waals surface area contributed by atoms with E-state index in [0.717, 1.165) is 19.4 Å². The quantitative estimate of drug-likeness (QED) is 0.532. The summed E-state index contributed by atoms with van der Waals surface area (Å²) in [5.41, 5.74) is 0. The molecule has 118 valence electrons. The Morgan fingerprint density at radius 2 is 1.90 bits per heavy atom. The molecule has 0 heterocycles. The van der Waals surface area contributed by atoms with Crippen LogP contribution in [0, 0.1) is 5.92 Å². The number of nitrogens with zero attached hydrogens (tertiary/aromatic N) is 1. The molecule has 0 aromatic heterocycles. The summed E-state index contributed by atoms with van der Waals surface area (Å²) in [7, 11) is 2.06. The lowest BCUT2D eigenvalue weighted by Crippen LogP contribution is -2.39. The normalized spacial score (nSPS) is 12.5. The first-order valence-electron chi connectivity index (χ1n) is 7.30. The molecule has 0 rings (SSSR count). The number of aliphatic carboxylic acids is 1. The maximum absolute atomic E-state index is 11.5. The van der Waals surface area contributed by atoms with E-state index in [4.69, 9.17) is 5.11 Å². The second kappa shape index (κ2) is 10.5. The van der Waals surface area contributed by atoms with Crippen molar-refractivity contribution in [1.82, 2.24) is 15.5 Å². The molecule has 1 atom stereocenters. The summed E-state index contributed by atoms with van der Waals surface area (Å²) in [5.74, 6) is -0.832. The Bertz CT molecular complexity index is 295. The number of carboxylic acids is 1. The van der Waals surface area contributed by atoms with Crippen molar-refractivity contribution >= 4 is 12.0 Å². The standard InChI is InChI=1S/C14H29N3O3/c1-5-12(9-13(18)19)10-16-14(20)15-7-6-8-17(4)11(2)3/h11-12H,5-10H2,1-4H3,(H,18,19)(H2,15,16,20). The van der Waals surface area contributed by atoms with Gasteiger partial charge in [0.1, 0.15) is 0 Å². The molecule has 0 radical (unpaired) electrons. The molecule has 3 N–H and O–H groups in total. The minimum absolute atomic E-state index is 0.00896. The van der Waals surface area contributed by atoms with Gasteiger partial charge in [-0.3, -0.25) is 4.79 Å². The second-order valence-electron chi connectivity index (χ2n) is 5.44. The minimum Gasteiger partial charge on any atom is -0.481 e. The van der Waals surface area contributed by atoms with Crippen LogP contribution in [-0.2, 0) is 4.79 Å². The zero-order chi connectivity index (χ0) is 15.5. The van der Waals surface area contributed by atoms with Gasteiger partial charge >= 0.3 is 12.0 Å². The molecule has 0 spiro atoms. The van der Waals surface area contributed by atoms with Gasteiger partial charge in [0.05, 0.1) is 0 Å². The van der Waals surface area contributed by atoms with E-state index in [2.05, 4.69) is 36.4 Å². The topological polar surface area (TPSA) is 81.7 Å². The van der Waals surface area contributed by atoms with E-state index >= 15 is 0 Å². The highest BCUT2D eigenvalue weighted by molar-refractivity contribution is 5.74. The number of nitrogens with one attached hydrogen (secondary N) is 2. The van der Waals surface area contributed by atoms with Gasteiger partial charge in [0, 0.05) is 25.6 Å². The molecule has 0 saturated heterocycles. The first kappa shape index (κ1) is 18.7. The molecule has 6 heteroatoms. The highest BCUT2D eigenvalue weighted by atomic mass is 16.4. The lowest BCUT2D eigenvalue weighted by atomic mass is 10.0. The molecule has 20 heavy (non-hydrogen) atoms. The van der Waals surface area contributed by atoms with Gasteiger partial charge in [-0.2, -0.15) is 0 Å². The summed E-state index contributed by atoms with van der Waals surface area (Å²) in [5, 5.41) is 14.2. The Labute approximate surface area is 121 Å². The summed E-state index contributed by atoms with van der Waals surface area (Å²) in [4.78, 5) is 24.4. The molecule has 0 saturated carbocycles. The van der Waals surface area contributed by atoms with Crippen molar-refractivity contribution in [2.75, 3.05) is 26.7 Å². The Balaban J connectivity index is 3.70. The van der Waals surface area contributed by atoms with Crippen molar-refractivity contribution in [3.05, 3.63) is 0 Å². The average Bonchev–Trinajstić information content (AvgIpc) is 2.38. The third kappa shape index (κ3) is 9.61. The van der Waals surface area contributed by atoms with E-state index < -0.39 is 5.97 Å². The Morgan fingerprint density at radius 1 is 1.25 bits per heavy atom. The van der Waals surface area contributed by atoms with Crippen LogP contribution in [0.3, 0.4) is 0 Å². The van der Waals surface area contributed by atoms with Crippen molar-refractivity contribution in [2.45, 2.75) is 46.1 Å². The minimum atomic E-state index is -0.823. The monoisotopic (exact) mass is 287 g/mol. The van der Waals surface area contributed by atoms with E-state index in [1.807, 2.05) is 6.92 Å². The number of hydrogen-bond donors (Lipinski definition) is 3. The van der Waals surface area contributed by atoms with Crippen molar-refractivity contribution < 1.29 is 14.7 Å². The van der Waals surface area contributed by atoms with Gasteiger partial charge in [-0.15, -0.1) is 0 Å². The fourth-order valence-corrected chi connectivity index (χ4v) is 1.70. The van der Waals surface area contributed by atoms with Gasteiger partial charge < -0.3 is 20.6 Å². The number of carbonyl (C=O) groups is 2. The van der Waals surface area contributed by atoms with Crippen LogP contribution in [0.4, 0.5) is 4.79 Å². The molecule has 0 aliphatic rings. The molecule has 0 fully saturated rings. The zero-order valence-corrected chi connectivity index (χ0v) is 13.1. The summed E-state index contributed by atoms with van der Waals surface area (Å²) >= 11 is 0. The predicted molar refractivity (Wildman–Crippen MR) is 79.8 cm³/mol. The van der Waals surface area contributed by atoms with Crippen molar-refractivity contribution in [2.24, 2.45) is 5.92 Å². The number of urea groups is 1. The van der Waals surface area contributed by atoms with Gasteiger partial charge in [-0.1, -0.05) is 13.3 Å². The van der Waals surface area contributed by atoms with Crippen LogP contribution in [0.2, 0.25) is 0 Å². The molecule has 0 aliphatic heterocycles. The smallest absolute Gasteiger partial charge is 0.314 e. The highest BCUT2D eigenvalue weighted by Gasteiger charge is 2.12. The number of rotatable bonds is 10. The van der Waals surface area contributed by atoms with Crippen molar-refractivity contribution in [3.63, 3.8) is 0 Å². The van der Waals surface area contributed by atoms with Crippen LogP contribution in [-0.4, -0.2) is 54.7 Å². The van der Waals surface area contributed by atoms with Gasteiger partial charge in [-0.25, -0.2) is 4.79 Å². The highest BCUT2D eigenvalue weighted by Crippen LogP contribution is 2.06. The Morgan fingerprint density at radius 3 is 2.40 bits per heavy atom. The molecular weight excluding hydrogens is 258 g/mol. The Kier molecular flexibility index (Phi) is 9.80. The number of carboxylic acid groups (broad SMARTS) is 1. The average molecular weight is 287 g/mol. The van der Waals surface area contributed by atoms with E-state index in [1.165, 1.54) is 0 Å². The summed E-state index contributed by atoms with van der Waals surface area (Å²) in [6.45, 7) is 8.16. The predicted octanol–water partition coefficient (Wildman–Crippen LogP) is 1.52. The maximum atomic E-state index is 11.5. The van der Waals surface area contributed by atoms with Crippen molar-refractivity contribution in [3.8, 4) is 0 Å². The SMILES string of the molecule is CCC(CNC(=O)NCCCN(C)C(C)C)CC(=O)O. The third-order valence-corrected chi connectivity index (χ3v) is 3.45. The summed E-state index contributed by atoms with van der Waals surface area (Å²) < 4.78 is 0. The van der Waals surface area contributed by atoms with Crippen LogP contribution in [0.15, 0.2) is 0 Å². The first-order valence-corrected chi connectivity index (χ1v) is 7.30. The molecule has 1 unspecified atom stereocenters. The maximum Gasteiger partial charge on any atom is 0.314 e. The molecule has 0 aliphatic carbocycles. The first-order chi connectivity index (χ1) is 9.36. The molecule has 0 bridgehead atoms. The van der Waals surface area contributed by atoms with Crippen LogP contribution in [0.1, 0.15) is 40.0 Å². The molecule has 0 aromatic rings. The van der Waals surface area contributed by atoms with Gasteiger partial charge in [0.25, 0.3) is 0 Å². The van der Waals surface area contributed by atoms with E-state index in [1.54, 1.807) is 0 Å². The molecular formula is C14H29N3O3. The summed E-state index contributed by atoms with van der Waals surface area (Å²) in [6.07, 6.45) is 1.73.